The van der Waals surface area contributed by atoms with Crippen LogP contribution < -0.4 is 10.3 Å². The molecule has 0 bridgehead atoms. The van der Waals surface area contributed by atoms with E-state index in [-0.39, 0.29) is 46.9 Å². The zero-order chi connectivity index (χ0) is 29.6. The van der Waals surface area contributed by atoms with E-state index in [4.69, 9.17) is 16.3 Å². The van der Waals surface area contributed by atoms with Crippen LogP contribution >= 0.6 is 23.4 Å². The van der Waals surface area contributed by atoms with Crippen LogP contribution in [0.4, 0.5) is 15.9 Å². The average molecular weight is 609 g/mol. The first-order valence-corrected chi connectivity index (χ1v) is 14.1. The molecule has 2 aliphatic heterocycles. The van der Waals surface area contributed by atoms with Gasteiger partial charge in [-0.2, -0.15) is 0 Å². The number of halogens is 2. The summed E-state index contributed by atoms with van der Waals surface area (Å²) < 4.78 is 23.7. The summed E-state index contributed by atoms with van der Waals surface area (Å²) >= 11 is 7.39. The van der Waals surface area contributed by atoms with Crippen LogP contribution in [0.15, 0.2) is 28.2 Å². The van der Waals surface area contributed by atoms with Gasteiger partial charge >= 0.3 is 17.8 Å². The highest BCUT2D eigenvalue weighted by Gasteiger charge is 2.34. The SMILES string of the molecule is Cc1ncc([N+](=O)[O-])n1CCOC(=O)C(CCl)N1CCN(c2cc3c(cc2F)c(=O)c(C(=O)O)c2n3C(C)S2)CC1. The predicted molar refractivity (Wildman–Crippen MR) is 149 cm³/mol. The number of aromatic carboxylic acids is 1. The second kappa shape index (κ2) is 11.3. The summed E-state index contributed by atoms with van der Waals surface area (Å²) in [6, 6.07) is 1.92. The number of carboxylic acids is 1. The minimum atomic E-state index is -1.34. The smallest absolute Gasteiger partial charge is 0.342 e. The number of anilines is 1. The number of aromatic nitrogens is 3. The van der Waals surface area contributed by atoms with E-state index in [1.165, 1.54) is 16.3 Å². The van der Waals surface area contributed by atoms with E-state index in [1.54, 1.807) is 17.6 Å². The number of carboxylic acid groups (broad SMARTS) is 1. The number of imidazole rings is 1. The van der Waals surface area contributed by atoms with Crippen molar-refractivity contribution in [3.63, 3.8) is 0 Å². The summed E-state index contributed by atoms with van der Waals surface area (Å²) in [5.41, 5.74) is -0.315. The van der Waals surface area contributed by atoms with Crippen LogP contribution in [-0.2, 0) is 16.1 Å². The van der Waals surface area contributed by atoms with Crippen LogP contribution in [0.3, 0.4) is 0 Å². The Balaban J connectivity index is 1.27. The Morgan fingerprint density at radius 3 is 2.63 bits per heavy atom. The lowest BCUT2D eigenvalue weighted by Gasteiger charge is -2.39. The van der Waals surface area contributed by atoms with Gasteiger partial charge in [-0.3, -0.25) is 14.5 Å². The molecule has 16 heteroatoms. The van der Waals surface area contributed by atoms with Crippen molar-refractivity contribution in [3.8, 4) is 0 Å². The maximum atomic E-state index is 15.3. The number of ether oxygens (including phenoxy) is 1. The van der Waals surface area contributed by atoms with Crippen molar-refractivity contribution in [1.82, 2.24) is 19.0 Å². The summed E-state index contributed by atoms with van der Waals surface area (Å²) in [4.78, 5) is 55.5. The fourth-order valence-corrected chi connectivity index (χ4v) is 6.74. The molecule has 0 amide bonds. The van der Waals surface area contributed by atoms with Gasteiger partial charge in [0.05, 0.1) is 21.6 Å². The molecular weight excluding hydrogens is 583 g/mol. The number of thioether (sulfide) groups is 1. The Bertz CT molecular complexity index is 1620. The molecule has 1 N–H and O–H groups in total. The summed E-state index contributed by atoms with van der Waals surface area (Å²) in [6.07, 6.45) is 1.15. The number of rotatable bonds is 9. The number of esters is 1. The molecule has 2 aliphatic rings. The van der Waals surface area contributed by atoms with E-state index in [2.05, 4.69) is 4.98 Å². The largest absolute Gasteiger partial charge is 0.477 e. The third-order valence-electron chi connectivity index (χ3n) is 7.38. The molecule has 1 saturated heterocycles. The van der Waals surface area contributed by atoms with Crippen LogP contribution in [0.25, 0.3) is 10.9 Å². The highest BCUT2D eigenvalue weighted by Crippen LogP contribution is 2.46. The topological polar surface area (TPSA) is 153 Å². The minimum Gasteiger partial charge on any atom is -0.477 e. The maximum Gasteiger partial charge on any atom is 0.342 e. The van der Waals surface area contributed by atoms with Crippen LogP contribution in [-0.4, -0.2) is 85.7 Å². The number of fused-ring (bicyclic) bond motifs is 3. The van der Waals surface area contributed by atoms with E-state index in [0.717, 1.165) is 12.3 Å². The standard InChI is InChI=1S/C25H26ClFN6O7S/c1-13-28-12-20(33(38)39)31(13)7-8-40-25(37)19(11-26)30-5-3-29(4-6-30)18-10-17-15(9-16(18)27)22(34)21(24(35)36)23-32(17)14(2)41-23/h9-10,12,14,19H,3-8,11H2,1-2H3,(H,35,36). The van der Waals surface area contributed by atoms with Gasteiger partial charge in [0.2, 0.25) is 5.43 Å². The lowest BCUT2D eigenvalue weighted by molar-refractivity contribution is -0.392. The van der Waals surface area contributed by atoms with Gasteiger partial charge in [0, 0.05) is 44.4 Å². The molecule has 218 valence electrons. The first-order valence-electron chi connectivity index (χ1n) is 12.7. The monoisotopic (exact) mass is 608 g/mol. The van der Waals surface area contributed by atoms with E-state index in [0.29, 0.717) is 42.5 Å². The third kappa shape index (κ3) is 5.13. The van der Waals surface area contributed by atoms with Gasteiger partial charge in [-0.25, -0.2) is 18.7 Å². The van der Waals surface area contributed by atoms with E-state index in [1.807, 2.05) is 16.7 Å². The number of alkyl halides is 1. The Kier molecular flexibility index (Phi) is 7.94. The maximum absolute atomic E-state index is 15.3. The van der Waals surface area contributed by atoms with Crippen molar-refractivity contribution in [2.75, 3.05) is 43.6 Å². The highest BCUT2D eigenvalue weighted by atomic mass is 35.5. The molecule has 0 radical (unpaired) electrons. The van der Waals surface area contributed by atoms with Gasteiger partial charge in [-0.1, -0.05) is 11.8 Å². The number of pyridine rings is 1. The van der Waals surface area contributed by atoms with Crippen LogP contribution in [0.5, 0.6) is 0 Å². The van der Waals surface area contributed by atoms with Gasteiger partial charge in [0.25, 0.3) is 0 Å². The molecule has 3 aromatic rings. The van der Waals surface area contributed by atoms with E-state index < -0.39 is 34.1 Å². The first kappa shape index (κ1) is 28.8. The fraction of sp³-hybridized carbons (Fsp3) is 0.440. The summed E-state index contributed by atoms with van der Waals surface area (Å²) in [5.74, 6) is -2.36. The van der Waals surface area contributed by atoms with Crippen LogP contribution in [0.1, 0.15) is 28.5 Å². The zero-order valence-electron chi connectivity index (χ0n) is 22.1. The van der Waals surface area contributed by atoms with Crippen molar-refractivity contribution >= 4 is 57.7 Å². The second-order valence-electron chi connectivity index (χ2n) is 9.66. The van der Waals surface area contributed by atoms with Crippen molar-refractivity contribution < 1.29 is 28.7 Å². The zero-order valence-corrected chi connectivity index (χ0v) is 23.7. The molecule has 4 heterocycles. The lowest BCUT2D eigenvalue weighted by atomic mass is 10.1. The average Bonchev–Trinajstić information content (AvgIpc) is 3.29. The Morgan fingerprint density at radius 1 is 1.32 bits per heavy atom. The molecule has 0 spiro atoms. The molecule has 2 atom stereocenters. The minimum absolute atomic E-state index is 0.0133. The molecule has 0 saturated carbocycles. The molecule has 1 fully saturated rings. The number of hydrogen-bond acceptors (Lipinski definition) is 10. The number of nitrogens with zero attached hydrogens (tertiary/aromatic N) is 6. The molecule has 2 unspecified atom stereocenters. The second-order valence-corrected chi connectivity index (χ2v) is 11.3. The van der Waals surface area contributed by atoms with Crippen molar-refractivity contribution in [3.05, 3.63) is 55.9 Å². The van der Waals surface area contributed by atoms with E-state index >= 15 is 4.39 Å². The molecule has 5 rings (SSSR count). The number of nitro groups is 1. The Morgan fingerprint density at radius 2 is 2.02 bits per heavy atom. The van der Waals surface area contributed by atoms with Crippen molar-refractivity contribution in [1.29, 1.82) is 0 Å². The van der Waals surface area contributed by atoms with Crippen LogP contribution in [0, 0.1) is 22.9 Å². The number of carbonyl (C=O) groups excluding carboxylic acids is 1. The summed E-state index contributed by atoms with van der Waals surface area (Å²) in [6.45, 7) is 4.92. The molecule has 0 aliphatic carbocycles. The van der Waals surface area contributed by atoms with Crippen LogP contribution in [0.2, 0.25) is 0 Å². The number of piperazine rings is 1. The molecule has 1 aromatic carbocycles. The molecule has 41 heavy (non-hydrogen) atoms. The number of benzene rings is 1. The number of aryl methyl sites for hydroxylation is 1. The van der Waals surface area contributed by atoms with Gasteiger partial charge in [-0.05, 0) is 24.0 Å². The molecule has 2 aromatic heterocycles. The lowest BCUT2D eigenvalue weighted by Crippen LogP contribution is -2.54. The molecular formula is C25H26ClFN6O7S. The third-order valence-corrected chi connectivity index (χ3v) is 8.85. The first-order chi connectivity index (χ1) is 19.5. The quantitative estimate of drug-likeness (QED) is 0.165. The normalized spacial score (nSPS) is 17.7. The molecule has 13 nitrogen and oxygen atoms in total. The van der Waals surface area contributed by atoms with Gasteiger partial charge in [0.1, 0.15) is 36.8 Å². The summed E-state index contributed by atoms with van der Waals surface area (Å²) in [5, 5.41) is 20.9. The van der Waals surface area contributed by atoms with Gasteiger partial charge in [0.15, 0.2) is 5.82 Å². The predicted octanol–water partition coefficient (Wildman–Crippen LogP) is 2.85. The number of carbonyl (C=O) groups is 2. The fourth-order valence-electron chi connectivity index (χ4n) is 5.26. The van der Waals surface area contributed by atoms with Gasteiger partial charge in [-0.15, -0.1) is 11.6 Å². The summed E-state index contributed by atoms with van der Waals surface area (Å²) in [7, 11) is 0. The highest BCUT2D eigenvalue weighted by molar-refractivity contribution is 8.00. The number of hydrogen-bond donors (Lipinski definition) is 1. The Hall–Kier alpha value is -3.69. The van der Waals surface area contributed by atoms with Crippen molar-refractivity contribution in [2.45, 2.75) is 36.8 Å². The van der Waals surface area contributed by atoms with Gasteiger partial charge < -0.3 is 29.4 Å². The van der Waals surface area contributed by atoms with Crippen molar-refractivity contribution in [2.24, 2.45) is 0 Å². The Labute approximate surface area is 241 Å². The van der Waals surface area contributed by atoms with E-state index in [9.17, 15) is 29.6 Å².